The normalized spacial score (nSPS) is 10.4. The van der Waals surface area contributed by atoms with Gasteiger partial charge in [0.25, 0.3) is 5.91 Å². The number of aromatic hydroxyl groups is 1. The van der Waals surface area contributed by atoms with Gasteiger partial charge >= 0.3 is 0 Å². The van der Waals surface area contributed by atoms with E-state index in [4.69, 9.17) is 5.11 Å². The molecule has 21 heavy (non-hydrogen) atoms. The largest absolute Gasteiger partial charge is 0.506 e. The quantitative estimate of drug-likeness (QED) is 0.556. The lowest BCUT2D eigenvalue weighted by atomic mass is 10.1. The Bertz CT molecular complexity index is 674. The summed E-state index contributed by atoms with van der Waals surface area (Å²) in [6, 6.07) is 10.8. The van der Waals surface area contributed by atoms with Crippen molar-refractivity contribution in [2.45, 2.75) is 13.2 Å². The van der Waals surface area contributed by atoms with Gasteiger partial charge in [0.15, 0.2) is 0 Å². The van der Waals surface area contributed by atoms with E-state index < -0.39 is 0 Å². The predicted octanol–water partition coefficient (Wildman–Crippen LogP) is 3.02. The maximum absolute atomic E-state index is 12.2. The second kappa shape index (κ2) is 7.41. The zero-order chi connectivity index (χ0) is 15.4. The SMILES string of the molecule is O=C(NCc1cccc(CO)c1)c1cc(I)cc(I)c1O. The number of nitrogens with one attached hydrogen (secondary N) is 1. The molecule has 0 fully saturated rings. The second-order valence-electron chi connectivity index (χ2n) is 4.44. The average Bonchev–Trinajstić information content (AvgIpc) is 2.48. The smallest absolute Gasteiger partial charge is 0.255 e. The Morgan fingerprint density at radius 2 is 1.86 bits per heavy atom. The number of phenols is 1. The Balaban J connectivity index is 2.11. The van der Waals surface area contributed by atoms with Crippen LogP contribution in [0.4, 0.5) is 0 Å². The monoisotopic (exact) mass is 509 g/mol. The van der Waals surface area contributed by atoms with Crippen molar-refractivity contribution in [3.05, 3.63) is 60.2 Å². The minimum atomic E-state index is -0.321. The number of halogens is 2. The molecule has 0 unspecified atom stereocenters. The highest BCUT2D eigenvalue weighted by Gasteiger charge is 2.14. The number of carbonyl (C=O) groups excluding carboxylic acids is 1. The Hall–Kier alpha value is -0.870. The lowest BCUT2D eigenvalue weighted by Gasteiger charge is -2.09. The van der Waals surface area contributed by atoms with Gasteiger partial charge < -0.3 is 15.5 Å². The van der Waals surface area contributed by atoms with Crippen molar-refractivity contribution >= 4 is 51.1 Å². The van der Waals surface area contributed by atoms with Crippen LogP contribution < -0.4 is 5.32 Å². The van der Waals surface area contributed by atoms with Gasteiger partial charge in [0.1, 0.15) is 5.75 Å². The van der Waals surface area contributed by atoms with Gasteiger partial charge in [0.2, 0.25) is 0 Å². The van der Waals surface area contributed by atoms with E-state index in [0.717, 1.165) is 14.7 Å². The minimum Gasteiger partial charge on any atom is -0.506 e. The summed E-state index contributed by atoms with van der Waals surface area (Å²) in [6.07, 6.45) is 0. The summed E-state index contributed by atoms with van der Waals surface area (Å²) < 4.78 is 1.54. The van der Waals surface area contributed by atoms with Crippen molar-refractivity contribution in [2.24, 2.45) is 0 Å². The van der Waals surface area contributed by atoms with E-state index in [-0.39, 0.29) is 23.8 Å². The maximum atomic E-state index is 12.2. The highest BCUT2D eigenvalue weighted by molar-refractivity contribution is 14.1. The molecule has 3 N–H and O–H groups in total. The molecule has 0 saturated heterocycles. The van der Waals surface area contributed by atoms with E-state index in [1.165, 1.54) is 0 Å². The molecule has 0 heterocycles. The summed E-state index contributed by atoms with van der Waals surface area (Å²) in [5.41, 5.74) is 1.97. The van der Waals surface area contributed by atoms with Crippen LogP contribution in [0.3, 0.4) is 0 Å². The lowest BCUT2D eigenvalue weighted by molar-refractivity contribution is 0.0948. The van der Waals surface area contributed by atoms with E-state index in [1.807, 2.05) is 46.9 Å². The molecule has 0 aromatic heterocycles. The van der Waals surface area contributed by atoms with Gasteiger partial charge in [-0.2, -0.15) is 0 Å². The second-order valence-corrected chi connectivity index (χ2v) is 6.85. The number of hydrogen-bond donors (Lipinski definition) is 3. The highest BCUT2D eigenvalue weighted by atomic mass is 127. The van der Waals surface area contributed by atoms with Gasteiger partial charge in [-0.3, -0.25) is 4.79 Å². The fourth-order valence-corrected chi connectivity index (χ4v) is 3.70. The van der Waals surface area contributed by atoms with Crippen LogP contribution >= 0.6 is 45.2 Å². The predicted molar refractivity (Wildman–Crippen MR) is 97.1 cm³/mol. The molecule has 0 aliphatic heterocycles. The van der Waals surface area contributed by atoms with Crippen LogP contribution in [0.5, 0.6) is 5.75 Å². The van der Waals surface area contributed by atoms with Crippen molar-refractivity contribution in [1.82, 2.24) is 5.32 Å². The van der Waals surface area contributed by atoms with Crippen molar-refractivity contribution in [2.75, 3.05) is 0 Å². The van der Waals surface area contributed by atoms with Gasteiger partial charge in [-0.25, -0.2) is 0 Å². The molecule has 0 aliphatic carbocycles. The molecule has 4 nitrogen and oxygen atoms in total. The minimum absolute atomic E-state index is 0.00220. The summed E-state index contributed by atoms with van der Waals surface area (Å²) in [7, 11) is 0. The van der Waals surface area contributed by atoms with Crippen LogP contribution in [0.15, 0.2) is 36.4 Å². The van der Waals surface area contributed by atoms with Gasteiger partial charge in [-0.1, -0.05) is 24.3 Å². The molecule has 6 heteroatoms. The van der Waals surface area contributed by atoms with Gasteiger partial charge in [0, 0.05) is 10.1 Å². The summed E-state index contributed by atoms with van der Waals surface area (Å²) in [6.45, 7) is 0.311. The van der Waals surface area contributed by atoms with Crippen LogP contribution in [-0.4, -0.2) is 16.1 Å². The molecule has 1 amide bonds. The molecular weight excluding hydrogens is 496 g/mol. The molecule has 2 aromatic rings. The van der Waals surface area contributed by atoms with E-state index >= 15 is 0 Å². The van der Waals surface area contributed by atoms with E-state index in [0.29, 0.717) is 10.1 Å². The first kappa shape index (κ1) is 16.5. The summed E-state index contributed by atoms with van der Waals surface area (Å²) in [5.74, 6) is -0.323. The van der Waals surface area contributed by atoms with Crippen LogP contribution in [-0.2, 0) is 13.2 Å². The van der Waals surface area contributed by atoms with Crippen LogP contribution in [0.2, 0.25) is 0 Å². The molecule has 0 bridgehead atoms. The fraction of sp³-hybridized carbons (Fsp3) is 0.133. The van der Waals surface area contributed by atoms with Crippen LogP contribution in [0.25, 0.3) is 0 Å². The molecule has 0 radical (unpaired) electrons. The standard InChI is InChI=1S/C15H13I2NO3/c16-11-5-12(14(20)13(17)6-11)15(21)18-7-9-2-1-3-10(4-9)8-19/h1-6,19-20H,7-8H2,(H,18,21). The van der Waals surface area contributed by atoms with Gasteiger partial charge in [0.05, 0.1) is 15.7 Å². The zero-order valence-corrected chi connectivity index (χ0v) is 15.3. The third kappa shape index (κ3) is 4.30. The number of aliphatic hydroxyl groups excluding tert-OH is 1. The van der Waals surface area contributed by atoms with Crippen molar-refractivity contribution in [3.63, 3.8) is 0 Å². The first-order valence-corrected chi connectivity index (χ1v) is 8.32. The van der Waals surface area contributed by atoms with Gasteiger partial charge in [-0.05, 0) is 68.4 Å². The molecule has 2 aromatic carbocycles. The molecular formula is C15H13I2NO3. The number of hydrogen-bond acceptors (Lipinski definition) is 3. The number of carbonyl (C=O) groups is 1. The first-order chi connectivity index (χ1) is 10.0. The first-order valence-electron chi connectivity index (χ1n) is 6.16. The molecule has 0 aliphatic rings. The third-order valence-corrected chi connectivity index (χ3v) is 4.34. The number of phenolic OH excluding ortho intramolecular Hbond substituents is 1. The number of benzene rings is 2. The molecule has 0 atom stereocenters. The summed E-state index contributed by atoms with van der Waals surface area (Å²) >= 11 is 4.10. The van der Waals surface area contributed by atoms with Crippen molar-refractivity contribution < 1.29 is 15.0 Å². The third-order valence-electron chi connectivity index (χ3n) is 2.90. The molecule has 110 valence electrons. The molecule has 0 spiro atoms. The molecule has 2 rings (SSSR count). The van der Waals surface area contributed by atoms with Crippen molar-refractivity contribution in [3.8, 4) is 5.75 Å². The average molecular weight is 509 g/mol. The van der Waals surface area contributed by atoms with E-state index in [2.05, 4.69) is 27.9 Å². The number of amides is 1. The van der Waals surface area contributed by atoms with E-state index in [9.17, 15) is 9.90 Å². The summed E-state index contributed by atoms with van der Waals surface area (Å²) in [5, 5.41) is 21.8. The van der Waals surface area contributed by atoms with Crippen LogP contribution in [0, 0.1) is 7.14 Å². The maximum Gasteiger partial charge on any atom is 0.255 e. The van der Waals surface area contributed by atoms with Crippen LogP contribution in [0.1, 0.15) is 21.5 Å². The lowest BCUT2D eigenvalue weighted by Crippen LogP contribution is -2.23. The Morgan fingerprint density at radius 3 is 2.57 bits per heavy atom. The summed E-state index contributed by atoms with van der Waals surface area (Å²) in [4.78, 5) is 12.2. The Morgan fingerprint density at radius 1 is 1.14 bits per heavy atom. The Labute approximate surface area is 149 Å². The van der Waals surface area contributed by atoms with Gasteiger partial charge in [-0.15, -0.1) is 0 Å². The van der Waals surface area contributed by atoms with Crippen molar-refractivity contribution in [1.29, 1.82) is 0 Å². The highest BCUT2D eigenvalue weighted by Crippen LogP contribution is 2.26. The zero-order valence-electron chi connectivity index (χ0n) is 10.9. The Kier molecular flexibility index (Phi) is 5.82. The molecule has 0 saturated carbocycles. The number of rotatable bonds is 4. The fourth-order valence-electron chi connectivity index (χ4n) is 1.85. The topological polar surface area (TPSA) is 69.6 Å². The van der Waals surface area contributed by atoms with E-state index in [1.54, 1.807) is 12.1 Å². The number of aliphatic hydroxyl groups is 1.